The van der Waals surface area contributed by atoms with Crippen molar-refractivity contribution in [1.29, 1.82) is 0 Å². The van der Waals surface area contributed by atoms with Gasteiger partial charge in [-0.05, 0) is 24.3 Å². The van der Waals surface area contributed by atoms with Crippen LogP contribution in [-0.4, -0.2) is 21.3 Å². The second-order valence-electron chi connectivity index (χ2n) is 4.12. The lowest BCUT2D eigenvalue weighted by Crippen LogP contribution is -2.32. The molecule has 0 aliphatic rings. The Labute approximate surface area is 113 Å². The maximum Gasteiger partial charge on any atom is 0.221 e. The number of benzene rings is 2. The lowest BCUT2D eigenvalue weighted by atomic mass is 9.97. The third-order valence-corrected chi connectivity index (χ3v) is 3.20. The van der Waals surface area contributed by atoms with E-state index in [9.17, 15) is 0 Å². The van der Waals surface area contributed by atoms with Crippen LogP contribution in [0.4, 0.5) is 0 Å². The minimum atomic E-state index is -0.895. The molecule has 2 aromatic carbocycles. The quantitative estimate of drug-likeness (QED) is 0.771. The molecule has 2 aromatic rings. The third-order valence-electron chi connectivity index (χ3n) is 3.20. The van der Waals surface area contributed by atoms with Gasteiger partial charge < -0.3 is 14.2 Å². The van der Waals surface area contributed by atoms with E-state index in [2.05, 4.69) is 0 Å². The molecule has 0 saturated heterocycles. The van der Waals surface area contributed by atoms with Crippen LogP contribution in [0.2, 0.25) is 0 Å². The van der Waals surface area contributed by atoms with E-state index in [4.69, 9.17) is 14.2 Å². The van der Waals surface area contributed by atoms with Crippen molar-refractivity contribution in [2.75, 3.05) is 21.3 Å². The molecule has 2 rings (SSSR count). The van der Waals surface area contributed by atoms with Crippen LogP contribution in [0.5, 0.6) is 5.75 Å². The van der Waals surface area contributed by atoms with E-state index < -0.39 is 5.79 Å². The zero-order chi connectivity index (χ0) is 13.7. The molecule has 0 unspecified atom stereocenters. The Hall–Kier alpha value is -1.84. The van der Waals surface area contributed by atoms with Gasteiger partial charge in [0.1, 0.15) is 5.75 Å². The van der Waals surface area contributed by atoms with Crippen molar-refractivity contribution in [3.8, 4) is 5.75 Å². The zero-order valence-corrected chi connectivity index (χ0v) is 11.4. The molecule has 0 N–H and O–H groups in total. The maximum absolute atomic E-state index is 5.67. The van der Waals surface area contributed by atoms with Gasteiger partial charge in [-0.15, -0.1) is 0 Å². The smallest absolute Gasteiger partial charge is 0.221 e. The van der Waals surface area contributed by atoms with Crippen LogP contribution in [0.25, 0.3) is 0 Å². The highest BCUT2D eigenvalue weighted by atomic mass is 16.7. The van der Waals surface area contributed by atoms with Gasteiger partial charge in [-0.2, -0.15) is 0 Å². The molecule has 19 heavy (non-hydrogen) atoms. The Morgan fingerprint density at radius 3 is 1.68 bits per heavy atom. The van der Waals surface area contributed by atoms with Crippen molar-refractivity contribution in [3.63, 3.8) is 0 Å². The topological polar surface area (TPSA) is 27.7 Å². The molecular formula is C16H18O3. The highest BCUT2D eigenvalue weighted by Crippen LogP contribution is 2.34. The molecule has 0 heterocycles. The van der Waals surface area contributed by atoms with Crippen LogP contribution < -0.4 is 4.74 Å². The fraction of sp³-hybridized carbons (Fsp3) is 0.250. The predicted molar refractivity (Wildman–Crippen MR) is 74.2 cm³/mol. The van der Waals surface area contributed by atoms with Gasteiger partial charge in [0.05, 0.1) is 7.11 Å². The van der Waals surface area contributed by atoms with Gasteiger partial charge >= 0.3 is 0 Å². The largest absolute Gasteiger partial charge is 0.497 e. The van der Waals surface area contributed by atoms with Crippen LogP contribution >= 0.6 is 0 Å². The van der Waals surface area contributed by atoms with E-state index in [-0.39, 0.29) is 0 Å². The minimum absolute atomic E-state index is 0.804. The van der Waals surface area contributed by atoms with Crippen LogP contribution in [-0.2, 0) is 15.3 Å². The highest BCUT2D eigenvalue weighted by Gasteiger charge is 2.34. The summed E-state index contributed by atoms with van der Waals surface area (Å²) >= 11 is 0. The van der Waals surface area contributed by atoms with Crippen molar-refractivity contribution >= 4 is 0 Å². The van der Waals surface area contributed by atoms with Gasteiger partial charge in [0.25, 0.3) is 0 Å². The molecule has 0 spiro atoms. The molecule has 0 radical (unpaired) electrons. The van der Waals surface area contributed by atoms with E-state index in [0.29, 0.717) is 0 Å². The summed E-state index contributed by atoms with van der Waals surface area (Å²) in [5.41, 5.74) is 1.87. The average Bonchev–Trinajstić information content (AvgIpc) is 2.51. The van der Waals surface area contributed by atoms with Gasteiger partial charge in [-0.25, -0.2) is 0 Å². The molecule has 0 aromatic heterocycles. The second-order valence-corrected chi connectivity index (χ2v) is 4.12. The molecule has 0 aliphatic heterocycles. The molecule has 3 nitrogen and oxygen atoms in total. The van der Waals surface area contributed by atoms with E-state index in [1.807, 2.05) is 54.6 Å². The first-order chi connectivity index (χ1) is 9.26. The summed E-state index contributed by atoms with van der Waals surface area (Å²) < 4.78 is 16.5. The first-order valence-corrected chi connectivity index (χ1v) is 6.07. The molecule has 0 saturated carbocycles. The molecular weight excluding hydrogens is 240 g/mol. The molecule has 0 aliphatic carbocycles. The maximum atomic E-state index is 5.67. The van der Waals surface area contributed by atoms with Crippen molar-refractivity contribution in [2.45, 2.75) is 5.79 Å². The number of methoxy groups -OCH3 is 3. The van der Waals surface area contributed by atoms with Crippen LogP contribution in [0.1, 0.15) is 11.1 Å². The summed E-state index contributed by atoms with van der Waals surface area (Å²) in [7, 11) is 4.92. The van der Waals surface area contributed by atoms with Gasteiger partial charge in [0.15, 0.2) is 0 Å². The van der Waals surface area contributed by atoms with Crippen molar-refractivity contribution < 1.29 is 14.2 Å². The molecule has 0 amide bonds. The Bertz CT molecular complexity index is 501. The fourth-order valence-corrected chi connectivity index (χ4v) is 2.19. The standard InChI is InChI=1S/C16H18O3/c1-17-15-11-9-14(10-12-15)16(18-2,19-3)13-7-5-4-6-8-13/h4-12H,1-3H3. The Morgan fingerprint density at radius 2 is 1.21 bits per heavy atom. The first kappa shape index (κ1) is 13.6. The molecule has 100 valence electrons. The Kier molecular flexibility index (Phi) is 4.20. The van der Waals surface area contributed by atoms with Gasteiger partial charge in [0, 0.05) is 25.3 Å². The van der Waals surface area contributed by atoms with E-state index in [1.165, 1.54) is 0 Å². The van der Waals surface area contributed by atoms with Crippen molar-refractivity contribution in [2.24, 2.45) is 0 Å². The average molecular weight is 258 g/mol. The fourth-order valence-electron chi connectivity index (χ4n) is 2.19. The summed E-state index contributed by atoms with van der Waals surface area (Å²) in [5, 5.41) is 0. The SMILES string of the molecule is COc1ccc(C(OC)(OC)c2ccccc2)cc1. The summed E-state index contributed by atoms with van der Waals surface area (Å²) in [4.78, 5) is 0. The zero-order valence-electron chi connectivity index (χ0n) is 11.4. The van der Waals surface area contributed by atoms with E-state index in [1.54, 1.807) is 21.3 Å². The number of rotatable bonds is 5. The Morgan fingerprint density at radius 1 is 0.684 bits per heavy atom. The number of hydrogen-bond acceptors (Lipinski definition) is 3. The highest BCUT2D eigenvalue weighted by molar-refractivity contribution is 5.37. The van der Waals surface area contributed by atoms with E-state index >= 15 is 0 Å². The van der Waals surface area contributed by atoms with Crippen molar-refractivity contribution in [3.05, 3.63) is 65.7 Å². The Balaban J connectivity index is 2.49. The van der Waals surface area contributed by atoms with Crippen LogP contribution in [0, 0.1) is 0 Å². The summed E-state index contributed by atoms with van der Waals surface area (Å²) in [6.07, 6.45) is 0. The van der Waals surface area contributed by atoms with Crippen molar-refractivity contribution in [1.82, 2.24) is 0 Å². The van der Waals surface area contributed by atoms with E-state index in [0.717, 1.165) is 16.9 Å². The monoisotopic (exact) mass is 258 g/mol. The van der Waals surface area contributed by atoms with Gasteiger partial charge in [0.2, 0.25) is 5.79 Å². The number of ether oxygens (including phenoxy) is 3. The van der Waals surface area contributed by atoms with Gasteiger partial charge in [-0.1, -0.05) is 30.3 Å². The molecule has 0 fully saturated rings. The third kappa shape index (κ3) is 2.48. The molecule has 3 heteroatoms. The van der Waals surface area contributed by atoms with Crippen LogP contribution in [0.3, 0.4) is 0 Å². The summed E-state index contributed by atoms with van der Waals surface area (Å²) in [6.45, 7) is 0. The summed E-state index contributed by atoms with van der Waals surface area (Å²) in [6, 6.07) is 17.5. The summed E-state index contributed by atoms with van der Waals surface area (Å²) in [5.74, 6) is -0.0917. The lowest BCUT2D eigenvalue weighted by Gasteiger charge is -2.31. The minimum Gasteiger partial charge on any atom is -0.497 e. The normalized spacial score (nSPS) is 11.3. The first-order valence-electron chi connectivity index (χ1n) is 6.07. The lowest BCUT2D eigenvalue weighted by molar-refractivity contribution is -0.183. The predicted octanol–water partition coefficient (Wildman–Crippen LogP) is 3.19. The number of hydrogen-bond donors (Lipinski definition) is 0. The van der Waals surface area contributed by atoms with Gasteiger partial charge in [-0.3, -0.25) is 0 Å². The second kappa shape index (κ2) is 5.87. The van der Waals surface area contributed by atoms with Crippen LogP contribution in [0.15, 0.2) is 54.6 Å². The molecule has 0 atom stereocenters. The molecule has 0 bridgehead atoms.